The predicted octanol–water partition coefficient (Wildman–Crippen LogP) is 0.0332. The van der Waals surface area contributed by atoms with Crippen molar-refractivity contribution >= 4 is 5.97 Å². The van der Waals surface area contributed by atoms with Crippen LogP contribution in [0.4, 0.5) is 0 Å². The Morgan fingerprint density at radius 2 is 2.38 bits per heavy atom. The van der Waals surface area contributed by atoms with Gasteiger partial charge in [0.05, 0.1) is 7.11 Å². The Morgan fingerprint density at radius 3 is 2.85 bits per heavy atom. The number of H-pyrrole nitrogens is 1. The molecular formula is C8H6N2O3. The van der Waals surface area contributed by atoms with Gasteiger partial charge in [0.2, 0.25) is 0 Å². The molecule has 5 nitrogen and oxygen atoms in total. The number of ether oxygens (including phenoxy) is 1. The zero-order valence-electron chi connectivity index (χ0n) is 6.83. The number of aromatic nitrogens is 1. The van der Waals surface area contributed by atoms with Crippen molar-refractivity contribution in [3.05, 3.63) is 33.7 Å². The third-order valence-electron chi connectivity index (χ3n) is 1.44. The molecule has 66 valence electrons. The number of carbonyl (C=O) groups excluding carboxylic acids is 1. The largest absolute Gasteiger partial charge is 0.465 e. The van der Waals surface area contributed by atoms with E-state index in [4.69, 9.17) is 5.26 Å². The first kappa shape index (κ1) is 9.00. The lowest BCUT2D eigenvalue weighted by molar-refractivity contribution is 0.0599. The van der Waals surface area contributed by atoms with E-state index in [1.807, 2.05) is 0 Å². The number of nitriles is 1. The van der Waals surface area contributed by atoms with E-state index in [1.54, 1.807) is 6.07 Å². The van der Waals surface area contributed by atoms with Crippen LogP contribution in [-0.2, 0) is 4.74 Å². The first-order valence-electron chi connectivity index (χ1n) is 3.40. The summed E-state index contributed by atoms with van der Waals surface area (Å²) in [4.78, 5) is 24.5. The summed E-state index contributed by atoms with van der Waals surface area (Å²) in [6.07, 6.45) is 1.16. The van der Waals surface area contributed by atoms with Gasteiger partial charge in [-0.15, -0.1) is 0 Å². The highest BCUT2D eigenvalue weighted by Crippen LogP contribution is 1.93. The summed E-state index contributed by atoms with van der Waals surface area (Å²) in [5.41, 5.74) is -0.527. The Balaban J connectivity index is 3.23. The van der Waals surface area contributed by atoms with Crippen LogP contribution in [0.15, 0.2) is 17.1 Å². The second-order valence-electron chi connectivity index (χ2n) is 2.23. The third kappa shape index (κ3) is 1.73. The topological polar surface area (TPSA) is 82.9 Å². The minimum atomic E-state index is -0.717. The fourth-order valence-electron chi connectivity index (χ4n) is 0.806. The molecule has 0 unspecified atom stereocenters. The van der Waals surface area contributed by atoms with Gasteiger partial charge in [-0.2, -0.15) is 5.26 Å². The molecule has 0 aliphatic carbocycles. The van der Waals surface area contributed by atoms with Gasteiger partial charge in [-0.3, -0.25) is 4.79 Å². The van der Waals surface area contributed by atoms with E-state index in [2.05, 4.69) is 9.72 Å². The highest BCUT2D eigenvalue weighted by atomic mass is 16.5. The van der Waals surface area contributed by atoms with Crippen LogP contribution in [0.2, 0.25) is 0 Å². The van der Waals surface area contributed by atoms with Crippen LogP contribution in [0, 0.1) is 11.3 Å². The molecule has 0 aromatic carbocycles. The number of rotatable bonds is 1. The SMILES string of the molecule is COC(=O)c1c[nH]c(C#N)cc1=O. The number of hydrogen-bond donors (Lipinski definition) is 1. The number of nitrogens with one attached hydrogen (secondary N) is 1. The summed E-state index contributed by atoms with van der Waals surface area (Å²) in [7, 11) is 1.18. The number of aromatic amines is 1. The number of hydrogen-bond acceptors (Lipinski definition) is 4. The van der Waals surface area contributed by atoms with Gasteiger partial charge in [0, 0.05) is 12.3 Å². The van der Waals surface area contributed by atoms with Crippen molar-refractivity contribution in [2.24, 2.45) is 0 Å². The fraction of sp³-hybridized carbons (Fsp3) is 0.125. The van der Waals surface area contributed by atoms with Crippen molar-refractivity contribution in [1.29, 1.82) is 5.26 Å². The third-order valence-corrected chi connectivity index (χ3v) is 1.44. The number of methoxy groups -OCH3 is 1. The highest BCUT2D eigenvalue weighted by Gasteiger charge is 2.09. The highest BCUT2D eigenvalue weighted by molar-refractivity contribution is 5.88. The van der Waals surface area contributed by atoms with Crippen LogP contribution in [0.1, 0.15) is 16.1 Å². The number of pyridine rings is 1. The summed E-state index contributed by atoms with van der Waals surface area (Å²) in [6.45, 7) is 0. The first-order chi connectivity index (χ1) is 6.19. The number of carbonyl (C=O) groups is 1. The van der Waals surface area contributed by atoms with Crippen LogP contribution in [0.25, 0.3) is 0 Å². The van der Waals surface area contributed by atoms with Gasteiger partial charge in [-0.25, -0.2) is 4.79 Å². The van der Waals surface area contributed by atoms with Crippen molar-refractivity contribution in [3.63, 3.8) is 0 Å². The molecule has 0 amide bonds. The normalized spacial score (nSPS) is 8.92. The van der Waals surface area contributed by atoms with E-state index in [0.29, 0.717) is 0 Å². The molecule has 5 heteroatoms. The molecule has 0 radical (unpaired) electrons. The summed E-state index contributed by atoms with van der Waals surface area (Å²) in [6, 6.07) is 2.79. The van der Waals surface area contributed by atoms with E-state index < -0.39 is 11.4 Å². The lowest BCUT2D eigenvalue weighted by atomic mass is 10.2. The van der Waals surface area contributed by atoms with Crippen molar-refractivity contribution in [2.45, 2.75) is 0 Å². The van der Waals surface area contributed by atoms with Crippen LogP contribution in [0.5, 0.6) is 0 Å². The van der Waals surface area contributed by atoms with Crippen LogP contribution >= 0.6 is 0 Å². The molecule has 0 saturated heterocycles. The zero-order valence-corrected chi connectivity index (χ0v) is 6.83. The fourth-order valence-corrected chi connectivity index (χ4v) is 0.806. The average Bonchev–Trinajstić information content (AvgIpc) is 2.16. The van der Waals surface area contributed by atoms with Gasteiger partial charge >= 0.3 is 5.97 Å². The molecule has 1 aromatic heterocycles. The Kier molecular flexibility index (Phi) is 2.45. The van der Waals surface area contributed by atoms with E-state index in [1.165, 1.54) is 7.11 Å². The van der Waals surface area contributed by atoms with Gasteiger partial charge in [-0.1, -0.05) is 0 Å². The Labute approximate surface area is 73.6 Å². The Bertz CT molecular complexity index is 428. The van der Waals surface area contributed by atoms with Gasteiger partial charge in [0.15, 0.2) is 5.43 Å². The van der Waals surface area contributed by atoms with E-state index in [0.717, 1.165) is 12.3 Å². The minimum absolute atomic E-state index is 0.109. The standard InChI is InChI=1S/C8H6N2O3/c1-13-8(12)6-4-10-5(3-9)2-7(6)11/h2,4H,1H3,(H,10,11). The second kappa shape index (κ2) is 3.54. The second-order valence-corrected chi connectivity index (χ2v) is 2.23. The van der Waals surface area contributed by atoms with Crippen molar-refractivity contribution in [2.75, 3.05) is 7.11 Å². The molecule has 0 spiro atoms. The van der Waals surface area contributed by atoms with Crippen LogP contribution < -0.4 is 5.43 Å². The van der Waals surface area contributed by atoms with E-state index >= 15 is 0 Å². The van der Waals surface area contributed by atoms with Gasteiger partial charge in [0.1, 0.15) is 17.3 Å². The van der Waals surface area contributed by atoms with Gasteiger partial charge in [-0.05, 0) is 0 Å². The number of nitrogens with zero attached hydrogens (tertiary/aromatic N) is 1. The molecule has 0 bridgehead atoms. The summed E-state index contributed by atoms with van der Waals surface area (Å²) >= 11 is 0. The van der Waals surface area contributed by atoms with E-state index in [-0.39, 0.29) is 11.3 Å². The van der Waals surface area contributed by atoms with Crippen LogP contribution in [0.3, 0.4) is 0 Å². The minimum Gasteiger partial charge on any atom is -0.465 e. The first-order valence-corrected chi connectivity index (χ1v) is 3.40. The summed E-state index contributed by atoms with van der Waals surface area (Å²) < 4.78 is 4.35. The monoisotopic (exact) mass is 178 g/mol. The van der Waals surface area contributed by atoms with Crippen LogP contribution in [-0.4, -0.2) is 18.1 Å². The van der Waals surface area contributed by atoms with Crippen molar-refractivity contribution in [3.8, 4) is 6.07 Å². The molecule has 1 N–H and O–H groups in total. The molecule has 0 fully saturated rings. The Hall–Kier alpha value is -2.09. The maximum absolute atomic E-state index is 11.1. The molecule has 0 saturated carbocycles. The quantitative estimate of drug-likeness (QED) is 0.615. The predicted molar refractivity (Wildman–Crippen MR) is 43.1 cm³/mol. The smallest absolute Gasteiger partial charge is 0.343 e. The van der Waals surface area contributed by atoms with Gasteiger partial charge in [0.25, 0.3) is 0 Å². The molecule has 0 aliphatic heterocycles. The zero-order chi connectivity index (χ0) is 9.84. The molecular weight excluding hydrogens is 172 g/mol. The summed E-state index contributed by atoms with van der Waals surface area (Å²) in [5.74, 6) is -0.717. The van der Waals surface area contributed by atoms with Crippen molar-refractivity contribution in [1.82, 2.24) is 4.98 Å². The Morgan fingerprint density at radius 1 is 1.69 bits per heavy atom. The van der Waals surface area contributed by atoms with Crippen molar-refractivity contribution < 1.29 is 9.53 Å². The van der Waals surface area contributed by atoms with E-state index in [9.17, 15) is 9.59 Å². The number of esters is 1. The molecule has 0 atom stereocenters. The lowest BCUT2D eigenvalue weighted by Crippen LogP contribution is -2.16. The average molecular weight is 178 g/mol. The maximum Gasteiger partial charge on any atom is 0.343 e. The maximum atomic E-state index is 11.1. The molecule has 1 rings (SSSR count). The summed E-state index contributed by atoms with van der Waals surface area (Å²) in [5, 5.41) is 8.41. The molecule has 1 aromatic rings. The molecule has 1 heterocycles. The molecule has 13 heavy (non-hydrogen) atoms. The van der Waals surface area contributed by atoms with Gasteiger partial charge < -0.3 is 9.72 Å². The molecule has 0 aliphatic rings. The lowest BCUT2D eigenvalue weighted by Gasteiger charge is -1.96.